The van der Waals surface area contributed by atoms with Crippen molar-refractivity contribution < 1.29 is 13.2 Å². The van der Waals surface area contributed by atoms with Crippen molar-refractivity contribution in [1.82, 2.24) is 15.5 Å². The SMILES string of the molecule is CCNC(=NCC(C(CC)CC)N1CCOCC1)NCCCS(C)(=O)=O.I. The molecular weight excluding hydrogens is 479 g/mol. The Hall–Kier alpha value is -0.130. The van der Waals surface area contributed by atoms with Crippen LogP contribution in [0.2, 0.25) is 0 Å². The molecule has 9 heteroatoms. The smallest absolute Gasteiger partial charge is 0.191 e. The van der Waals surface area contributed by atoms with Crippen molar-refractivity contribution in [2.45, 2.75) is 46.1 Å². The molecule has 0 radical (unpaired) electrons. The second-order valence-electron chi connectivity index (χ2n) is 6.92. The second kappa shape index (κ2) is 14.8. The van der Waals surface area contributed by atoms with E-state index in [2.05, 4.69) is 29.4 Å². The molecule has 1 aliphatic rings. The molecule has 0 aliphatic carbocycles. The van der Waals surface area contributed by atoms with Gasteiger partial charge in [0.05, 0.1) is 25.5 Å². The van der Waals surface area contributed by atoms with Crippen molar-refractivity contribution in [3.8, 4) is 0 Å². The molecule has 2 N–H and O–H groups in total. The summed E-state index contributed by atoms with van der Waals surface area (Å²) in [7, 11) is -2.91. The lowest BCUT2D eigenvalue weighted by Crippen LogP contribution is -2.49. The highest BCUT2D eigenvalue weighted by molar-refractivity contribution is 14.0. The predicted molar refractivity (Wildman–Crippen MR) is 124 cm³/mol. The van der Waals surface area contributed by atoms with Gasteiger partial charge in [0.15, 0.2) is 5.96 Å². The second-order valence-corrected chi connectivity index (χ2v) is 9.18. The van der Waals surface area contributed by atoms with Crippen LogP contribution < -0.4 is 10.6 Å². The van der Waals surface area contributed by atoms with E-state index in [1.54, 1.807) is 0 Å². The Kier molecular flexibility index (Phi) is 14.7. The summed E-state index contributed by atoms with van der Waals surface area (Å²) >= 11 is 0. The van der Waals surface area contributed by atoms with Crippen LogP contribution in [-0.4, -0.2) is 83.3 Å². The minimum Gasteiger partial charge on any atom is -0.379 e. The lowest BCUT2D eigenvalue weighted by Gasteiger charge is -2.38. The molecule has 0 bridgehead atoms. The third-order valence-electron chi connectivity index (χ3n) is 4.87. The Balaban J connectivity index is 0.00000676. The lowest BCUT2D eigenvalue weighted by molar-refractivity contribution is 0.00395. The minimum absolute atomic E-state index is 0. The number of hydrogen-bond acceptors (Lipinski definition) is 5. The Morgan fingerprint density at radius 3 is 2.30 bits per heavy atom. The van der Waals surface area contributed by atoms with E-state index in [9.17, 15) is 8.42 Å². The van der Waals surface area contributed by atoms with Crippen LogP contribution >= 0.6 is 24.0 Å². The molecule has 27 heavy (non-hydrogen) atoms. The molecule has 0 spiro atoms. The Bertz CT molecular complexity index is 507. The average molecular weight is 519 g/mol. The number of hydrogen-bond donors (Lipinski definition) is 2. The summed E-state index contributed by atoms with van der Waals surface area (Å²) in [4.78, 5) is 7.31. The maximum Gasteiger partial charge on any atom is 0.191 e. The highest BCUT2D eigenvalue weighted by Crippen LogP contribution is 2.20. The van der Waals surface area contributed by atoms with E-state index in [0.29, 0.717) is 24.9 Å². The molecule has 1 rings (SSSR count). The third-order valence-corrected chi connectivity index (χ3v) is 5.90. The number of halogens is 1. The van der Waals surface area contributed by atoms with E-state index >= 15 is 0 Å². The zero-order valence-electron chi connectivity index (χ0n) is 17.4. The fourth-order valence-electron chi connectivity index (χ4n) is 3.37. The van der Waals surface area contributed by atoms with Gasteiger partial charge in [-0.05, 0) is 19.3 Å². The highest BCUT2D eigenvalue weighted by Gasteiger charge is 2.26. The summed E-state index contributed by atoms with van der Waals surface area (Å²) in [6.07, 6.45) is 4.15. The fourth-order valence-corrected chi connectivity index (χ4v) is 4.04. The van der Waals surface area contributed by atoms with Gasteiger partial charge in [0.2, 0.25) is 0 Å². The molecule has 1 atom stereocenters. The first-order chi connectivity index (χ1) is 12.4. The van der Waals surface area contributed by atoms with Gasteiger partial charge in [0, 0.05) is 38.5 Å². The minimum atomic E-state index is -2.91. The number of aliphatic imine (C=N–C) groups is 1. The highest BCUT2D eigenvalue weighted by atomic mass is 127. The largest absolute Gasteiger partial charge is 0.379 e. The van der Waals surface area contributed by atoms with Gasteiger partial charge in [0.25, 0.3) is 0 Å². The van der Waals surface area contributed by atoms with Crippen molar-refractivity contribution in [1.29, 1.82) is 0 Å². The quantitative estimate of drug-likeness (QED) is 0.188. The number of nitrogens with zero attached hydrogens (tertiary/aromatic N) is 2. The van der Waals surface area contributed by atoms with Crippen LogP contribution in [0.3, 0.4) is 0 Å². The van der Waals surface area contributed by atoms with Gasteiger partial charge in [-0.2, -0.15) is 0 Å². The van der Waals surface area contributed by atoms with Crippen LogP contribution in [0.5, 0.6) is 0 Å². The van der Waals surface area contributed by atoms with Gasteiger partial charge >= 0.3 is 0 Å². The molecule has 0 aromatic carbocycles. The predicted octanol–water partition coefficient (Wildman–Crippen LogP) is 1.73. The number of guanidine groups is 1. The molecule has 0 saturated carbocycles. The molecule has 1 aliphatic heterocycles. The fraction of sp³-hybridized carbons (Fsp3) is 0.944. The first-order valence-electron chi connectivity index (χ1n) is 9.92. The third kappa shape index (κ3) is 11.5. The summed E-state index contributed by atoms with van der Waals surface area (Å²) in [6, 6.07) is 0.417. The zero-order valence-corrected chi connectivity index (χ0v) is 20.5. The summed E-state index contributed by atoms with van der Waals surface area (Å²) in [5.41, 5.74) is 0. The number of morpholine rings is 1. The van der Waals surface area contributed by atoms with Crippen molar-refractivity contribution in [2.75, 3.05) is 57.9 Å². The van der Waals surface area contributed by atoms with Crippen LogP contribution in [0.15, 0.2) is 4.99 Å². The Labute approximate surface area is 183 Å². The van der Waals surface area contributed by atoms with E-state index in [1.165, 1.54) is 6.26 Å². The molecule has 1 fully saturated rings. The maximum atomic E-state index is 11.2. The van der Waals surface area contributed by atoms with Gasteiger partial charge in [-0.15, -0.1) is 24.0 Å². The van der Waals surface area contributed by atoms with Crippen molar-refractivity contribution in [3.05, 3.63) is 0 Å². The lowest BCUT2D eigenvalue weighted by atomic mass is 9.92. The number of nitrogens with one attached hydrogen (secondary N) is 2. The van der Waals surface area contributed by atoms with Crippen molar-refractivity contribution in [2.24, 2.45) is 10.9 Å². The van der Waals surface area contributed by atoms with E-state index in [-0.39, 0.29) is 29.7 Å². The van der Waals surface area contributed by atoms with E-state index in [1.807, 2.05) is 6.92 Å². The molecule has 7 nitrogen and oxygen atoms in total. The van der Waals surface area contributed by atoms with Crippen molar-refractivity contribution in [3.63, 3.8) is 0 Å². The molecule has 0 aromatic heterocycles. The van der Waals surface area contributed by atoms with Crippen molar-refractivity contribution >= 4 is 39.8 Å². The molecule has 0 amide bonds. The molecule has 1 saturated heterocycles. The zero-order chi connectivity index (χ0) is 19.4. The van der Waals surface area contributed by atoms with Crippen LogP contribution in [0.1, 0.15) is 40.0 Å². The maximum absolute atomic E-state index is 11.2. The normalized spacial score (nSPS) is 17.4. The van der Waals surface area contributed by atoms with Crippen LogP contribution in [0.4, 0.5) is 0 Å². The number of ether oxygens (including phenoxy) is 1. The van der Waals surface area contributed by atoms with Gasteiger partial charge in [-0.25, -0.2) is 8.42 Å². The standard InChI is InChI=1S/C18H38N4O3S.HI/c1-5-16(6-2)17(22-10-12-25-13-11-22)15-21-18(19-7-3)20-9-8-14-26(4,23)24;/h16-17H,5-15H2,1-4H3,(H2,19,20,21);1H. The number of sulfone groups is 1. The molecule has 1 heterocycles. The summed E-state index contributed by atoms with van der Waals surface area (Å²) in [5, 5.41) is 6.52. The molecular formula is C18H39IN4O3S. The van der Waals surface area contributed by atoms with E-state index < -0.39 is 9.84 Å². The first-order valence-corrected chi connectivity index (χ1v) is 12.0. The van der Waals surface area contributed by atoms with E-state index in [0.717, 1.165) is 58.2 Å². The Morgan fingerprint density at radius 2 is 1.78 bits per heavy atom. The Morgan fingerprint density at radius 1 is 1.15 bits per heavy atom. The summed E-state index contributed by atoms with van der Waals surface area (Å²) in [6.45, 7) is 12.2. The topological polar surface area (TPSA) is 83.0 Å². The molecule has 162 valence electrons. The van der Waals surface area contributed by atoms with Crippen LogP contribution in [0.25, 0.3) is 0 Å². The molecule has 0 aromatic rings. The van der Waals surface area contributed by atoms with Crippen LogP contribution in [-0.2, 0) is 14.6 Å². The van der Waals surface area contributed by atoms with Gasteiger partial charge in [0.1, 0.15) is 9.84 Å². The summed E-state index contributed by atoms with van der Waals surface area (Å²) in [5.74, 6) is 1.58. The average Bonchev–Trinajstić information content (AvgIpc) is 2.62. The summed E-state index contributed by atoms with van der Waals surface area (Å²) < 4.78 is 28.0. The number of rotatable bonds is 11. The monoisotopic (exact) mass is 518 g/mol. The van der Waals surface area contributed by atoms with Crippen LogP contribution in [0, 0.1) is 5.92 Å². The van der Waals surface area contributed by atoms with Gasteiger partial charge < -0.3 is 15.4 Å². The van der Waals surface area contributed by atoms with Gasteiger partial charge in [-0.1, -0.05) is 26.7 Å². The first kappa shape index (κ1) is 26.9. The van der Waals surface area contributed by atoms with E-state index in [4.69, 9.17) is 9.73 Å². The molecule has 1 unspecified atom stereocenters. The van der Waals surface area contributed by atoms with Gasteiger partial charge in [-0.3, -0.25) is 9.89 Å².